The smallest absolute Gasteiger partial charge is 0.253 e. The van der Waals surface area contributed by atoms with Crippen LogP contribution in [0.25, 0.3) is 0 Å². The van der Waals surface area contributed by atoms with Crippen molar-refractivity contribution in [1.29, 1.82) is 0 Å². The summed E-state index contributed by atoms with van der Waals surface area (Å²) in [6.45, 7) is 2.02. The highest BCUT2D eigenvalue weighted by Crippen LogP contribution is 2.17. The van der Waals surface area contributed by atoms with Crippen LogP contribution >= 0.6 is 0 Å². The summed E-state index contributed by atoms with van der Waals surface area (Å²) in [6.07, 6.45) is 0. The lowest BCUT2D eigenvalue weighted by atomic mass is 10.2. The van der Waals surface area contributed by atoms with Crippen molar-refractivity contribution in [3.8, 4) is 5.75 Å². The van der Waals surface area contributed by atoms with Crippen LogP contribution in [0.5, 0.6) is 5.75 Å². The fraction of sp³-hybridized carbons (Fsp3) is 0.500. The second-order valence-electron chi connectivity index (χ2n) is 4.56. The van der Waals surface area contributed by atoms with E-state index in [9.17, 15) is 4.79 Å². The molecule has 0 unspecified atom stereocenters. The van der Waals surface area contributed by atoms with Crippen molar-refractivity contribution in [2.45, 2.75) is 12.7 Å². The Bertz CT molecular complexity index is 427. The van der Waals surface area contributed by atoms with E-state index in [0.717, 1.165) is 0 Å². The van der Waals surface area contributed by atoms with Gasteiger partial charge in [-0.1, -0.05) is 6.07 Å². The average Bonchev–Trinajstić information content (AvgIpc) is 2.44. The predicted octanol–water partition coefficient (Wildman–Crippen LogP) is 1.78. The zero-order chi connectivity index (χ0) is 14.5. The molecule has 0 bridgehead atoms. The zero-order valence-corrected chi connectivity index (χ0v) is 12.1. The topological polar surface area (TPSA) is 48.0 Å². The molecule has 1 aromatic carbocycles. The van der Waals surface area contributed by atoms with Gasteiger partial charge in [0.2, 0.25) is 0 Å². The molecule has 0 fully saturated rings. The third kappa shape index (κ3) is 4.22. The largest absolute Gasteiger partial charge is 0.488 e. The van der Waals surface area contributed by atoms with Crippen molar-refractivity contribution in [2.75, 3.05) is 34.9 Å². The molecule has 0 saturated heterocycles. The Morgan fingerprint density at radius 1 is 1.26 bits per heavy atom. The monoisotopic (exact) mass is 267 g/mol. The molecule has 1 aromatic rings. The zero-order valence-electron chi connectivity index (χ0n) is 12.1. The Morgan fingerprint density at radius 3 is 2.42 bits per heavy atom. The van der Waals surface area contributed by atoms with Gasteiger partial charge in [0, 0.05) is 33.9 Å². The molecule has 5 nitrogen and oxygen atoms in total. The van der Waals surface area contributed by atoms with Crippen LogP contribution in [0.3, 0.4) is 0 Å². The molecule has 0 aliphatic heterocycles. The molecule has 19 heavy (non-hydrogen) atoms. The third-order valence-electron chi connectivity index (χ3n) is 2.85. The van der Waals surface area contributed by atoms with Gasteiger partial charge in [0.25, 0.3) is 5.91 Å². The second kappa shape index (κ2) is 6.54. The van der Waals surface area contributed by atoms with Crippen molar-refractivity contribution >= 4 is 5.91 Å². The number of carbonyl (C=O) groups excluding carboxylic acids is 1. The van der Waals surface area contributed by atoms with E-state index in [1.54, 1.807) is 59.5 Å². The van der Waals surface area contributed by atoms with E-state index in [-0.39, 0.29) is 12.5 Å². The van der Waals surface area contributed by atoms with Crippen molar-refractivity contribution in [2.24, 2.45) is 0 Å². The lowest BCUT2D eigenvalue weighted by Gasteiger charge is -2.26. The second-order valence-corrected chi connectivity index (χ2v) is 4.56. The molecule has 0 N–H and O–H groups in total. The number of ether oxygens (including phenoxy) is 3. The highest BCUT2D eigenvalue weighted by molar-refractivity contribution is 5.94. The molecular weight excluding hydrogens is 246 g/mol. The van der Waals surface area contributed by atoms with Crippen molar-refractivity contribution < 1.29 is 19.0 Å². The molecule has 0 saturated carbocycles. The van der Waals surface area contributed by atoms with Gasteiger partial charge in [-0.15, -0.1) is 0 Å². The molecule has 1 rings (SSSR count). The molecule has 5 heteroatoms. The molecule has 0 aliphatic rings. The summed E-state index contributed by atoms with van der Waals surface area (Å²) in [4.78, 5) is 13.4. The number of nitrogens with zero attached hydrogens (tertiary/aromatic N) is 1. The molecule has 0 heterocycles. The third-order valence-corrected chi connectivity index (χ3v) is 2.85. The number of benzene rings is 1. The minimum Gasteiger partial charge on any atom is -0.488 e. The minimum absolute atomic E-state index is 0.0632. The van der Waals surface area contributed by atoms with E-state index < -0.39 is 5.79 Å². The first-order valence-corrected chi connectivity index (χ1v) is 5.96. The Labute approximate surface area is 114 Å². The van der Waals surface area contributed by atoms with Crippen LogP contribution < -0.4 is 4.74 Å². The first kappa shape index (κ1) is 15.5. The van der Waals surface area contributed by atoms with Crippen molar-refractivity contribution in [1.82, 2.24) is 4.90 Å². The number of hydrogen-bond acceptors (Lipinski definition) is 4. The lowest BCUT2D eigenvalue weighted by Crippen LogP contribution is -2.36. The van der Waals surface area contributed by atoms with Gasteiger partial charge in [0.15, 0.2) is 5.79 Å². The van der Waals surface area contributed by atoms with Crippen molar-refractivity contribution in [3.05, 3.63) is 29.8 Å². The minimum atomic E-state index is -0.804. The van der Waals surface area contributed by atoms with Crippen molar-refractivity contribution in [3.63, 3.8) is 0 Å². The van der Waals surface area contributed by atoms with Gasteiger partial charge in [0.1, 0.15) is 12.4 Å². The summed E-state index contributed by atoms with van der Waals surface area (Å²) in [5.74, 6) is -0.263. The lowest BCUT2D eigenvalue weighted by molar-refractivity contribution is -0.209. The quantitative estimate of drug-likeness (QED) is 0.737. The van der Waals surface area contributed by atoms with Crippen LogP contribution in [0, 0.1) is 0 Å². The van der Waals surface area contributed by atoms with Gasteiger partial charge in [-0.25, -0.2) is 0 Å². The Kier molecular flexibility index (Phi) is 5.32. The Balaban J connectivity index is 2.75. The van der Waals surface area contributed by atoms with E-state index in [0.29, 0.717) is 11.3 Å². The Morgan fingerprint density at radius 2 is 1.89 bits per heavy atom. The van der Waals surface area contributed by atoms with E-state index in [4.69, 9.17) is 14.2 Å². The molecule has 106 valence electrons. The maximum atomic E-state index is 11.8. The summed E-state index contributed by atoms with van der Waals surface area (Å²) in [6, 6.07) is 7.02. The van der Waals surface area contributed by atoms with Crippen LogP contribution in [-0.4, -0.2) is 51.5 Å². The maximum absolute atomic E-state index is 11.8. The van der Waals surface area contributed by atoms with Crippen LogP contribution in [0.4, 0.5) is 0 Å². The molecule has 1 amide bonds. The SMILES string of the molecule is COC(C)(COc1cccc(C(=O)N(C)C)c1)OC. The first-order chi connectivity index (χ1) is 8.91. The summed E-state index contributed by atoms with van der Waals surface area (Å²) in [5.41, 5.74) is 0.582. The standard InChI is InChI=1S/C14H21NO4/c1-14(17-4,18-5)10-19-12-8-6-7-11(9-12)13(16)15(2)3/h6-9H,10H2,1-5H3. The number of hydrogen-bond donors (Lipinski definition) is 0. The van der Waals surface area contributed by atoms with E-state index in [2.05, 4.69) is 0 Å². The van der Waals surface area contributed by atoms with Gasteiger partial charge in [-0.2, -0.15) is 0 Å². The number of methoxy groups -OCH3 is 2. The van der Waals surface area contributed by atoms with Crippen LogP contribution in [0.15, 0.2) is 24.3 Å². The highest BCUT2D eigenvalue weighted by Gasteiger charge is 2.23. The van der Waals surface area contributed by atoms with Gasteiger partial charge < -0.3 is 19.1 Å². The summed E-state index contributed by atoms with van der Waals surface area (Å²) < 4.78 is 16.0. The van der Waals surface area contributed by atoms with E-state index in [1.807, 2.05) is 0 Å². The molecule has 0 atom stereocenters. The Hall–Kier alpha value is -1.59. The number of rotatable bonds is 6. The fourth-order valence-corrected chi connectivity index (χ4v) is 1.39. The number of amides is 1. The summed E-state index contributed by atoms with van der Waals surface area (Å²) in [7, 11) is 6.53. The molecule has 0 aliphatic carbocycles. The summed E-state index contributed by atoms with van der Waals surface area (Å²) >= 11 is 0. The number of carbonyl (C=O) groups is 1. The maximum Gasteiger partial charge on any atom is 0.253 e. The fourth-order valence-electron chi connectivity index (χ4n) is 1.39. The molecule has 0 aromatic heterocycles. The highest BCUT2D eigenvalue weighted by atomic mass is 16.7. The predicted molar refractivity (Wildman–Crippen MR) is 72.4 cm³/mol. The molecule has 0 spiro atoms. The van der Waals surface area contributed by atoms with Gasteiger partial charge >= 0.3 is 0 Å². The first-order valence-electron chi connectivity index (χ1n) is 5.96. The van der Waals surface area contributed by atoms with Gasteiger partial charge in [-0.3, -0.25) is 4.79 Å². The van der Waals surface area contributed by atoms with Crippen LogP contribution in [0.1, 0.15) is 17.3 Å². The normalized spacial score (nSPS) is 11.2. The average molecular weight is 267 g/mol. The summed E-state index contributed by atoms with van der Waals surface area (Å²) in [5, 5.41) is 0. The van der Waals surface area contributed by atoms with Gasteiger partial charge in [0.05, 0.1) is 0 Å². The van der Waals surface area contributed by atoms with Crippen LogP contribution in [0.2, 0.25) is 0 Å². The molecule has 0 radical (unpaired) electrons. The van der Waals surface area contributed by atoms with Crippen LogP contribution in [-0.2, 0) is 9.47 Å². The molecular formula is C14H21NO4. The van der Waals surface area contributed by atoms with E-state index in [1.165, 1.54) is 4.90 Å². The van der Waals surface area contributed by atoms with E-state index >= 15 is 0 Å². The van der Waals surface area contributed by atoms with Gasteiger partial charge in [-0.05, 0) is 25.1 Å².